The molecule has 1 aromatic carbocycles. The molecule has 0 fully saturated rings. The number of hydrazone groups is 1. The van der Waals surface area contributed by atoms with E-state index in [-0.39, 0.29) is 27.9 Å². The summed E-state index contributed by atoms with van der Waals surface area (Å²) in [6.45, 7) is 3.28. The number of unbranched alkanes of at least 4 members (excludes halogenated alkanes) is 3. The third kappa shape index (κ3) is 5.55. The van der Waals surface area contributed by atoms with Crippen LogP contribution in [0.4, 0.5) is 13.2 Å². The molecule has 2 rings (SSSR count). The van der Waals surface area contributed by atoms with Crippen LogP contribution in [0.3, 0.4) is 0 Å². The number of carbonyl (C=O) groups excluding carboxylic acids is 1. The highest BCUT2D eigenvalue weighted by molar-refractivity contribution is 6.35. The summed E-state index contributed by atoms with van der Waals surface area (Å²) in [6.07, 6.45) is -3.54. The third-order valence-corrected chi connectivity index (χ3v) is 5.10. The second kappa shape index (κ2) is 9.53. The van der Waals surface area contributed by atoms with Gasteiger partial charge in [-0.1, -0.05) is 49.4 Å². The normalized spacial score (nSPS) is 20.6. The van der Waals surface area contributed by atoms with Crippen molar-refractivity contribution in [3.05, 3.63) is 28.2 Å². The summed E-state index contributed by atoms with van der Waals surface area (Å²) in [5.74, 6) is -1.05. The van der Waals surface area contributed by atoms with Crippen molar-refractivity contribution in [2.75, 3.05) is 0 Å². The van der Waals surface area contributed by atoms with E-state index in [1.54, 1.807) is 0 Å². The minimum absolute atomic E-state index is 0.0791. The number of hydrogen-bond acceptors (Lipinski definition) is 4. The van der Waals surface area contributed by atoms with Crippen LogP contribution in [-0.4, -0.2) is 39.7 Å². The van der Waals surface area contributed by atoms with Crippen LogP contribution in [0.5, 0.6) is 5.75 Å². The Morgan fingerprint density at radius 3 is 2.62 bits per heavy atom. The van der Waals surface area contributed by atoms with Gasteiger partial charge in [-0.2, -0.15) is 23.3 Å². The molecule has 0 radical (unpaired) electrons. The molecule has 162 valence electrons. The van der Waals surface area contributed by atoms with Gasteiger partial charge in [-0.05, 0) is 38.0 Å². The second-order valence-electron chi connectivity index (χ2n) is 6.95. The molecule has 5 nitrogen and oxygen atoms in total. The maximum absolute atomic E-state index is 13.6. The van der Waals surface area contributed by atoms with E-state index in [1.165, 1.54) is 25.1 Å². The fourth-order valence-electron chi connectivity index (χ4n) is 2.95. The fraction of sp³-hybridized carbons (Fsp3) is 0.579. The first-order chi connectivity index (χ1) is 13.5. The number of alkyl halides is 3. The van der Waals surface area contributed by atoms with E-state index in [0.29, 0.717) is 11.4 Å². The smallest absolute Gasteiger partial charge is 0.438 e. The molecule has 0 saturated carbocycles. The summed E-state index contributed by atoms with van der Waals surface area (Å²) in [5, 5.41) is 14.6. The molecule has 0 bridgehead atoms. The Labute approximate surface area is 177 Å². The molecule has 0 aromatic heterocycles. The van der Waals surface area contributed by atoms with Gasteiger partial charge in [-0.25, -0.2) is 0 Å². The first-order valence-corrected chi connectivity index (χ1v) is 10.1. The van der Waals surface area contributed by atoms with E-state index in [1.807, 2.05) is 6.92 Å². The molecule has 1 aliphatic rings. The molecule has 0 aliphatic carbocycles. The standard InChI is InChI=1S/C19H23Cl2F3N2O3/c1-3-4-5-6-7-14-11-18(28,19(22,23)24)26(25-14)17(27)12(2)29-16-9-8-13(20)10-15(16)21/h8-10,12,28H,3-7,11H2,1-2H3/t12-,18-/m0/s1. The van der Waals surface area contributed by atoms with Gasteiger partial charge in [-0.3, -0.25) is 4.79 Å². The lowest BCUT2D eigenvalue weighted by molar-refractivity contribution is -0.303. The van der Waals surface area contributed by atoms with Gasteiger partial charge in [0.05, 0.1) is 5.02 Å². The monoisotopic (exact) mass is 454 g/mol. The summed E-state index contributed by atoms with van der Waals surface area (Å²) in [4.78, 5) is 12.7. The van der Waals surface area contributed by atoms with Crippen LogP contribution >= 0.6 is 23.2 Å². The van der Waals surface area contributed by atoms with Gasteiger partial charge in [0.2, 0.25) is 0 Å². The maximum Gasteiger partial charge on any atom is 0.438 e. The maximum atomic E-state index is 13.6. The van der Waals surface area contributed by atoms with Gasteiger partial charge >= 0.3 is 6.18 Å². The van der Waals surface area contributed by atoms with Crippen molar-refractivity contribution in [2.24, 2.45) is 5.10 Å². The van der Waals surface area contributed by atoms with Crippen LogP contribution in [0, 0.1) is 0 Å². The SMILES string of the molecule is CCCCCCC1=NN(C(=O)[C@H](C)Oc2ccc(Cl)cc2Cl)[C@@](O)(C(F)(F)F)C1. The Hall–Kier alpha value is -1.51. The zero-order chi connectivity index (χ0) is 21.8. The molecule has 29 heavy (non-hydrogen) atoms. The highest BCUT2D eigenvalue weighted by atomic mass is 35.5. The highest BCUT2D eigenvalue weighted by Gasteiger charge is 2.63. The van der Waals surface area contributed by atoms with Crippen LogP contribution in [0.1, 0.15) is 52.4 Å². The largest absolute Gasteiger partial charge is 0.479 e. The number of aliphatic hydroxyl groups is 1. The summed E-state index contributed by atoms with van der Waals surface area (Å²) < 4.78 is 46.1. The predicted molar refractivity (Wildman–Crippen MR) is 105 cm³/mol. The predicted octanol–water partition coefficient (Wildman–Crippen LogP) is 5.57. The quantitative estimate of drug-likeness (QED) is 0.522. The Bertz CT molecular complexity index is 774. The lowest BCUT2D eigenvalue weighted by atomic mass is 10.0. The molecule has 1 heterocycles. The zero-order valence-electron chi connectivity index (χ0n) is 16.1. The zero-order valence-corrected chi connectivity index (χ0v) is 17.6. The molecule has 1 amide bonds. The summed E-state index contributed by atoms with van der Waals surface area (Å²) in [7, 11) is 0. The van der Waals surface area contributed by atoms with Crippen LogP contribution in [0.15, 0.2) is 23.3 Å². The number of halogens is 5. The van der Waals surface area contributed by atoms with Gasteiger partial charge < -0.3 is 9.84 Å². The second-order valence-corrected chi connectivity index (χ2v) is 7.80. The van der Waals surface area contributed by atoms with E-state index in [2.05, 4.69) is 5.10 Å². The number of nitrogens with zero attached hydrogens (tertiary/aromatic N) is 2. The summed E-state index contributed by atoms with van der Waals surface area (Å²) in [6, 6.07) is 4.25. The first-order valence-electron chi connectivity index (χ1n) is 9.31. The molecule has 0 unspecified atom stereocenters. The average molecular weight is 455 g/mol. The molecule has 2 atom stereocenters. The number of carbonyl (C=O) groups is 1. The number of rotatable bonds is 8. The molecule has 0 saturated heterocycles. The van der Waals surface area contributed by atoms with Crippen molar-refractivity contribution >= 4 is 34.8 Å². The van der Waals surface area contributed by atoms with Gasteiger partial charge in [0.1, 0.15) is 5.75 Å². The van der Waals surface area contributed by atoms with Crippen LogP contribution in [0.25, 0.3) is 0 Å². The van der Waals surface area contributed by atoms with E-state index in [4.69, 9.17) is 27.9 Å². The van der Waals surface area contributed by atoms with Gasteiger partial charge in [0, 0.05) is 17.2 Å². The van der Waals surface area contributed by atoms with Crippen molar-refractivity contribution < 1.29 is 27.8 Å². The van der Waals surface area contributed by atoms with Crippen LogP contribution < -0.4 is 4.74 Å². The molecule has 10 heteroatoms. The Morgan fingerprint density at radius 2 is 2.03 bits per heavy atom. The number of ether oxygens (including phenoxy) is 1. The Balaban J connectivity index is 2.19. The Morgan fingerprint density at radius 1 is 1.34 bits per heavy atom. The highest BCUT2D eigenvalue weighted by Crippen LogP contribution is 2.41. The summed E-state index contributed by atoms with van der Waals surface area (Å²) >= 11 is 11.8. The Kier molecular flexibility index (Phi) is 7.81. The molecular weight excluding hydrogens is 432 g/mol. The lowest BCUT2D eigenvalue weighted by Gasteiger charge is -2.33. The van der Waals surface area contributed by atoms with Crippen LogP contribution in [0.2, 0.25) is 10.0 Å². The number of hydrogen-bond donors (Lipinski definition) is 1. The van der Waals surface area contributed by atoms with E-state index in [0.717, 1.165) is 19.3 Å². The minimum atomic E-state index is -5.07. The van der Waals surface area contributed by atoms with Crippen molar-refractivity contribution in [3.8, 4) is 5.75 Å². The number of benzene rings is 1. The molecular formula is C19H23Cl2F3N2O3. The van der Waals surface area contributed by atoms with E-state index >= 15 is 0 Å². The van der Waals surface area contributed by atoms with Crippen molar-refractivity contribution in [2.45, 2.75) is 70.4 Å². The van der Waals surface area contributed by atoms with Crippen molar-refractivity contribution in [1.82, 2.24) is 5.01 Å². The first kappa shape index (κ1) is 23.8. The summed E-state index contributed by atoms with van der Waals surface area (Å²) in [5.41, 5.74) is -3.27. The fourth-order valence-corrected chi connectivity index (χ4v) is 3.40. The lowest BCUT2D eigenvalue weighted by Crippen LogP contribution is -2.58. The minimum Gasteiger partial charge on any atom is -0.479 e. The van der Waals surface area contributed by atoms with E-state index < -0.39 is 30.3 Å². The average Bonchev–Trinajstić information content (AvgIpc) is 2.98. The molecule has 1 aromatic rings. The molecule has 1 N–H and O–H groups in total. The van der Waals surface area contributed by atoms with Crippen molar-refractivity contribution in [3.63, 3.8) is 0 Å². The number of amides is 1. The molecule has 1 aliphatic heterocycles. The van der Waals surface area contributed by atoms with E-state index in [9.17, 15) is 23.1 Å². The van der Waals surface area contributed by atoms with Crippen LogP contribution in [-0.2, 0) is 4.79 Å². The van der Waals surface area contributed by atoms with Gasteiger partial charge in [0.25, 0.3) is 11.6 Å². The van der Waals surface area contributed by atoms with Crippen molar-refractivity contribution in [1.29, 1.82) is 0 Å². The van der Waals surface area contributed by atoms with Gasteiger partial charge in [-0.15, -0.1) is 0 Å². The topological polar surface area (TPSA) is 62.1 Å². The van der Waals surface area contributed by atoms with Gasteiger partial charge in [0.15, 0.2) is 6.10 Å². The molecule has 0 spiro atoms. The third-order valence-electron chi connectivity index (χ3n) is 4.57.